The van der Waals surface area contributed by atoms with Crippen molar-refractivity contribution in [3.8, 4) is 18.2 Å². The van der Waals surface area contributed by atoms with Gasteiger partial charge in [-0.3, -0.25) is 5.41 Å². The minimum atomic E-state index is -1.75. The zero-order valence-corrected chi connectivity index (χ0v) is 15.4. The maximum absolute atomic E-state index is 10.1. The molecule has 5 unspecified atom stereocenters. The number of ether oxygens (including phenoxy) is 2. The Hall–Kier alpha value is -2.10. The fraction of sp³-hybridized carbons (Fsp3) is 0.789. The Morgan fingerprint density at radius 1 is 1.16 bits per heavy atom. The maximum atomic E-state index is 10.1. The Kier molecular flexibility index (Phi) is 5.12. The highest BCUT2D eigenvalue weighted by Gasteiger charge is 2.79. The van der Waals surface area contributed by atoms with Crippen LogP contribution in [0.15, 0.2) is 0 Å². The summed E-state index contributed by atoms with van der Waals surface area (Å²) < 4.78 is 11.9. The lowest BCUT2D eigenvalue weighted by Crippen LogP contribution is -2.63. The van der Waals surface area contributed by atoms with Crippen LogP contribution in [0.2, 0.25) is 0 Å². The molecule has 25 heavy (non-hydrogen) atoms. The van der Waals surface area contributed by atoms with Gasteiger partial charge in [0.2, 0.25) is 11.7 Å². The van der Waals surface area contributed by atoms with Crippen LogP contribution in [-0.4, -0.2) is 17.8 Å². The minimum absolute atomic E-state index is 0.0430. The molecule has 0 aliphatic carbocycles. The molecule has 0 aromatic rings. The second kappa shape index (κ2) is 6.66. The lowest BCUT2D eigenvalue weighted by molar-refractivity contribution is -0.282. The van der Waals surface area contributed by atoms with E-state index in [-0.39, 0.29) is 11.8 Å². The van der Waals surface area contributed by atoms with E-state index in [9.17, 15) is 15.8 Å². The fourth-order valence-corrected chi connectivity index (χ4v) is 4.74. The van der Waals surface area contributed by atoms with Gasteiger partial charge in [0.25, 0.3) is 0 Å². The molecule has 2 bridgehead atoms. The average Bonchev–Trinajstić information content (AvgIpc) is 2.78. The second-order valence-electron chi connectivity index (χ2n) is 7.21. The first-order chi connectivity index (χ1) is 11.9. The second-order valence-corrected chi connectivity index (χ2v) is 7.21. The number of nitriles is 3. The SMILES string of the molecule is CCCCC(CC)C1OC2(C)OC(=N)C(C#N)(C2CC)C1(C#N)C#N. The zero-order valence-electron chi connectivity index (χ0n) is 15.4. The molecule has 2 heterocycles. The van der Waals surface area contributed by atoms with E-state index in [1.165, 1.54) is 0 Å². The van der Waals surface area contributed by atoms with Gasteiger partial charge in [0.05, 0.1) is 30.2 Å². The van der Waals surface area contributed by atoms with Crippen LogP contribution in [0.4, 0.5) is 0 Å². The fourth-order valence-electron chi connectivity index (χ4n) is 4.74. The topological polar surface area (TPSA) is 114 Å². The zero-order chi connectivity index (χ0) is 18.9. The van der Waals surface area contributed by atoms with Crippen molar-refractivity contribution in [3.05, 3.63) is 0 Å². The van der Waals surface area contributed by atoms with Gasteiger partial charge < -0.3 is 9.47 Å². The molecule has 2 rings (SSSR count). The van der Waals surface area contributed by atoms with Gasteiger partial charge in [-0.05, 0) is 18.8 Å². The third-order valence-electron chi connectivity index (χ3n) is 6.05. The molecule has 2 aliphatic rings. The molecule has 2 aliphatic heterocycles. The predicted octanol–water partition coefficient (Wildman–Crippen LogP) is 3.90. The minimum Gasteiger partial charge on any atom is -0.448 e. The normalized spacial score (nSPS) is 36.6. The van der Waals surface area contributed by atoms with E-state index in [0.29, 0.717) is 6.42 Å². The highest BCUT2D eigenvalue weighted by molar-refractivity contribution is 5.89. The number of nitrogens with one attached hydrogen (secondary N) is 1. The highest BCUT2D eigenvalue weighted by Crippen LogP contribution is 2.64. The van der Waals surface area contributed by atoms with Crippen molar-refractivity contribution >= 4 is 5.90 Å². The summed E-state index contributed by atoms with van der Waals surface area (Å²) in [5.74, 6) is -2.03. The maximum Gasteiger partial charge on any atom is 0.214 e. The van der Waals surface area contributed by atoms with Gasteiger partial charge in [0.1, 0.15) is 0 Å². The Morgan fingerprint density at radius 3 is 2.24 bits per heavy atom. The molecule has 0 aromatic heterocycles. The van der Waals surface area contributed by atoms with Crippen LogP contribution in [0.5, 0.6) is 0 Å². The summed E-state index contributed by atoms with van der Waals surface area (Å²) in [5.41, 5.74) is -3.34. The first kappa shape index (κ1) is 19.2. The van der Waals surface area contributed by atoms with Crippen molar-refractivity contribution in [2.75, 3.05) is 0 Å². The molecule has 0 saturated carbocycles. The highest BCUT2D eigenvalue weighted by atomic mass is 16.7. The van der Waals surface area contributed by atoms with Crippen molar-refractivity contribution in [2.45, 2.75) is 71.7 Å². The van der Waals surface area contributed by atoms with Gasteiger partial charge in [-0.15, -0.1) is 0 Å². The molecule has 6 heteroatoms. The van der Waals surface area contributed by atoms with Crippen LogP contribution in [0.1, 0.15) is 59.8 Å². The number of rotatable bonds is 6. The molecular weight excluding hydrogens is 316 g/mol. The molecule has 134 valence electrons. The van der Waals surface area contributed by atoms with Crippen molar-refractivity contribution < 1.29 is 9.47 Å². The molecule has 1 N–H and O–H groups in total. The van der Waals surface area contributed by atoms with Gasteiger partial charge in [0, 0.05) is 6.92 Å². The van der Waals surface area contributed by atoms with Crippen LogP contribution in [0.3, 0.4) is 0 Å². The summed E-state index contributed by atoms with van der Waals surface area (Å²) in [6.07, 6.45) is 3.23. The molecule has 2 saturated heterocycles. The van der Waals surface area contributed by atoms with Gasteiger partial charge in [-0.25, -0.2) is 0 Å². The van der Waals surface area contributed by atoms with Crippen molar-refractivity contribution in [1.82, 2.24) is 0 Å². The number of fused-ring (bicyclic) bond motifs is 2. The molecule has 0 amide bonds. The summed E-state index contributed by atoms with van der Waals surface area (Å²) in [4.78, 5) is 0. The number of nitrogens with zero attached hydrogens (tertiary/aromatic N) is 3. The summed E-state index contributed by atoms with van der Waals surface area (Å²) >= 11 is 0. The molecule has 5 atom stereocenters. The summed E-state index contributed by atoms with van der Waals surface area (Å²) in [6, 6.07) is 6.39. The van der Waals surface area contributed by atoms with Gasteiger partial charge in [-0.2, -0.15) is 15.8 Å². The van der Waals surface area contributed by atoms with E-state index in [2.05, 4.69) is 25.1 Å². The lowest BCUT2D eigenvalue weighted by Gasteiger charge is -2.50. The van der Waals surface area contributed by atoms with E-state index in [0.717, 1.165) is 25.7 Å². The van der Waals surface area contributed by atoms with Crippen LogP contribution >= 0.6 is 0 Å². The number of hydrogen-bond acceptors (Lipinski definition) is 6. The quantitative estimate of drug-likeness (QED) is 0.786. The van der Waals surface area contributed by atoms with E-state index in [4.69, 9.17) is 14.9 Å². The molecule has 6 nitrogen and oxygen atoms in total. The standard InChI is InChI=1S/C19H26N4O2/c1-5-8-9-13(6-2)15-18(10-20,11-21)19(12-22)14(7-3)17(4,24-15)25-16(19)23/h13-15,23H,5-9H2,1-4H3. The van der Waals surface area contributed by atoms with Crippen LogP contribution in [0.25, 0.3) is 0 Å². The smallest absolute Gasteiger partial charge is 0.214 e. The van der Waals surface area contributed by atoms with Crippen LogP contribution < -0.4 is 0 Å². The predicted molar refractivity (Wildman–Crippen MR) is 90.9 cm³/mol. The van der Waals surface area contributed by atoms with Crippen LogP contribution in [0, 0.1) is 62.1 Å². The van der Waals surface area contributed by atoms with E-state index < -0.39 is 28.6 Å². The van der Waals surface area contributed by atoms with E-state index >= 15 is 0 Å². The first-order valence-corrected chi connectivity index (χ1v) is 9.06. The summed E-state index contributed by atoms with van der Waals surface area (Å²) in [6.45, 7) is 7.69. The molecule has 0 spiro atoms. The van der Waals surface area contributed by atoms with Gasteiger partial charge in [-0.1, -0.05) is 40.0 Å². The molecular formula is C19H26N4O2. The van der Waals surface area contributed by atoms with E-state index in [1.807, 2.05) is 13.8 Å². The lowest BCUT2D eigenvalue weighted by atomic mass is 9.52. The largest absolute Gasteiger partial charge is 0.448 e. The van der Waals surface area contributed by atoms with Gasteiger partial charge in [0.15, 0.2) is 10.8 Å². The average molecular weight is 342 g/mol. The van der Waals surface area contributed by atoms with Crippen molar-refractivity contribution in [1.29, 1.82) is 21.2 Å². The summed E-state index contributed by atoms with van der Waals surface area (Å²) in [7, 11) is 0. The number of hydrogen-bond donors (Lipinski definition) is 1. The Labute approximate surface area is 149 Å². The van der Waals surface area contributed by atoms with Crippen molar-refractivity contribution in [2.24, 2.45) is 22.7 Å². The molecule has 0 aromatic carbocycles. The van der Waals surface area contributed by atoms with Gasteiger partial charge >= 0.3 is 0 Å². The molecule has 0 radical (unpaired) electrons. The summed E-state index contributed by atoms with van der Waals surface area (Å²) in [5, 5.41) is 38.5. The van der Waals surface area contributed by atoms with Crippen molar-refractivity contribution in [3.63, 3.8) is 0 Å². The third kappa shape index (κ3) is 2.26. The number of unbranched alkanes of at least 4 members (excludes halogenated alkanes) is 1. The van der Waals surface area contributed by atoms with Crippen LogP contribution in [-0.2, 0) is 9.47 Å². The first-order valence-electron chi connectivity index (χ1n) is 9.06. The monoisotopic (exact) mass is 342 g/mol. The third-order valence-corrected chi connectivity index (χ3v) is 6.05. The van der Waals surface area contributed by atoms with E-state index in [1.54, 1.807) is 6.92 Å². The Bertz CT molecular complexity index is 656. The Morgan fingerprint density at radius 2 is 1.80 bits per heavy atom. The molecule has 2 fully saturated rings. The Balaban J connectivity index is 2.70.